The van der Waals surface area contributed by atoms with E-state index in [0.717, 1.165) is 36.7 Å². The summed E-state index contributed by atoms with van der Waals surface area (Å²) in [6.07, 6.45) is 0.958. The molecule has 5 rings (SSSR count). The molecular weight excluding hydrogens is 445 g/mol. The summed E-state index contributed by atoms with van der Waals surface area (Å²) in [6, 6.07) is 7.81. The van der Waals surface area contributed by atoms with Gasteiger partial charge >= 0.3 is 6.18 Å². The fourth-order valence-electron chi connectivity index (χ4n) is 4.46. The second kappa shape index (κ2) is 8.41. The van der Waals surface area contributed by atoms with Crippen LogP contribution in [-0.4, -0.2) is 31.7 Å². The normalized spacial score (nSPS) is 17.0. The van der Waals surface area contributed by atoms with Crippen molar-refractivity contribution in [3.63, 3.8) is 0 Å². The Kier molecular flexibility index (Phi) is 5.53. The van der Waals surface area contributed by atoms with E-state index in [2.05, 4.69) is 20.5 Å². The highest BCUT2D eigenvalue weighted by Gasteiger charge is 2.40. The molecule has 10 heteroatoms. The smallest absolute Gasteiger partial charge is 0.367 e. The number of pyridine rings is 1. The molecule has 34 heavy (non-hydrogen) atoms. The Morgan fingerprint density at radius 1 is 1.24 bits per heavy atom. The van der Waals surface area contributed by atoms with Gasteiger partial charge in [-0.05, 0) is 60.6 Å². The van der Waals surface area contributed by atoms with Crippen LogP contribution in [0.1, 0.15) is 65.0 Å². The van der Waals surface area contributed by atoms with Crippen LogP contribution < -0.4 is 10.2 Å². The fourth-order valence-corrected chi connectivity index (χ4v) is 4.46. The van der Waals surface area contributed by atoms with Crippen molar-refractivity contribution in [2.75, 3.05) is 10.2 Å². The molecule has 2 aromatic heterocycles. The molecule has 3 aromatic rings. The molecule has 0 saturated heterocycles. The van der Waals surface area contributed by atoms with Gasteiger partial charge < -0.3 is 9.88 Å². The topological polar surface area (TPSA) is 75.9 Å². The highest BCUT2D eigenvalue weighted by Crippen LogP contribution is 2.39. The van der Waals surface area contributed by atoms with Gasteiger partial charge in [-0.2, -0.15) is 13.2 Å². The standard InChI is InChI=1S/C24H25F3N6O/c1-14(9-22-31-28-13-32(22)2)15-10-20(29-16-5-3-6-16)30-21(11-15)33-12-18-17(23(33)34)7-4-8-19(18)24(25,26)27/h4,7-8,10-11,13-14,16H,3,5-6,9,12H2,1-2H3,(H,29,30)/t14-/m1/s1. The number of aromatic nitrogens is 4. The number of aryl methyl sites for hydroxylation is 1. The van der Waals surface area contributed by atoms with E-state index < -0.39 is 17.6 Å². The van der Waals surface area contributed by atoms with Crippen molar-refractivity contribution in [3.8, 4) is 0 Å². The van der Waals surface area contributed by atoms with E-state index in [1.165, 1.54) is 17.0 Å². The maximum absolute atomic E-state index is 13.6. The zero-order chi connectivity index (χ0) is 24.0. The molecule has 1 atom stereocenters. The van der Waals surface area contributed by atoms with Crippen molar-refractivity contribution >= 4 is 17.5 Å². The molecule has 1 aliphatic heterocycles. The predicted molar refractivity (Wildman–Crippen MR) is 121 cm³/mol. The number of carbonyl (C=O) groups is 1. The Morgan fingerprint density at radius 2 is 2.03 bits per heavy atom. The van der Waals surface area contributed by atoms with Crippen molar-refractivity contribution in [2.24, 2.45) is 7.05 Å². The number of nitrogens with zero attached hydrogens (tertiary/aromatic N) is 5. The molecule has 1 N–H and O–H groups in total. The van der Waals surface area contributed by atoms with Gasteiger partial charge in [-0.15, -0.1) is 10.2 Å². The van der Waals surface area contributed by atoms with Crippen LogP contribution in [0, 0.1) is 0 Å². The van der Waals surface area contributed by atoms with E-state index in [9.17, 15) is 18.0 Å². The number of halogens is 3. The Bertz CT molecular complexity index is 1230. The molecule has 3 heterocycles. The van der Waals surface area contributed by atoms with Gasteiger partial charge in [0.1, 0.15) is 23.8 Å². The number of alkyl halides is 3. The Morgan fingerprint density at radius 3 is 2.68 bits per heavy atom. The van der Waals surface area contributed by atoms with Crippen LogP contribution in [0.2, 0.25) is 0 Å². The Hall–Kier alpha value is -3.43. The molecular formula is C24H25F3N6O. The largest absolute Gasteiger partial charge is 0.416 e. The molecule has 1 aromatic carbocycles. The molecule has 0 spiro atoms. The van der Waals surface area contributed by atoms with Crippen LogP contribution in [0.5, 0.6) is 0 Å². The first-order valence-corrected chi connectivity index (χ1v) is 11.3. The summed E-state index contributed by atoms with van der Waals surface area (Å²) in [6.45, 7) is 1.88. The Balaban J connectivity index is 1.50. The van der Waals surface area contributed by atoms with E-state index in [0.29, 0.717) is 24.1 Å². The number of rotatable bonds is 6. The van der Waals surface area contributed by atoms with Crippen LogP contribution in [0.25, 0.3) is 0 Å². The van der Waals surface area contributed by atoms with Crippen molar-refractivity contribution < 1.29 is 18.0 Å². The molecule has 0 bridgehead atoms. The van der Waals surface area contributed by atoms with E-state index >= 15 is 0 Å². The number of hydrogen-bond donors (Lipinski definition) is 1. The highest BCUT2D eigenvalue weighted by molar-refractivity contribution is 6.10. The lowest BCUT2D eigenvalue weighted by molar-refractivity contribution is -0.138. The maximum Gasteiger partial charge on any atom is 0.416 e. The zero-order valence-electron chi connectivity index (χ0n) is 18.9. The SMILES string of the molecule is C[C@H](Cc1nncn1C)c1cc(NC2CCC2)nc(N2Cc3c(cccc3C(F)(F)F)C2=O)c1. The first kappa shape index (κ1) is 22.4. The summed E-state index contributed by atoms with van der Waals surface area (Å²) in [4.78, 5) is 19.1. The third-order valence-corrected chi connectivity index (χ3v) is 6.70. The third kappa shape index (κ3) is 4.12. The number of fused-ring (bicyclic) bond motifs is 1. The van der Waals surface area contributed by atoms with Crippen molar-refractivity contribution in [1.29, 1.82) is 0 Å². The summed E-state index contributed by atoms with van der Waals surface area (Å²) in [7, 11) is 1.88. The number of nitrogens with one attached hydrogen (secondary N) is 1. The quantitative estimate of drug-likeness (QED) is 0.565. The molecule has 0 unspecified atom stereocenters. The average Bonchev–Trinajstić information content (AvgIpc) is 3.32. The predicted octanol–water partition coefficient (Wildman–Crippen LogP) is 4.70. The van der Waals surface area contributed by atoms with Gasteiger partial charge in [0.15, 0.2) is 0 Å². The van der Waals surface area contributed by atoms with E-state index in [-0.39, 0.29) is 23.6 Å². The van der Waals surface area contributed by atoms with Crippen molar-refractivity contribution in [2.45, 2.75) is 57.3 Å². The number of benzene rings is 1. The minimum Gasteiger partial charge on any atom is -0.367 e. The number of carbonyl (C=O) groups excluding carboxylic acids is 1. The molecule has 178 valence electrons. The lowest BCUT2D eigenvalue weighted by atomic mass is 9.93. The highest BCUT2D eigenvalue weighted by atomic mass is 19.4. The molecule has 1 fully saturated rings. The number of amides is 1. The molecule has 1 aliphatic carbocycles. The number of hydrogen-bond acceptors (Lipinski definition) is 5. The first-order valence-electron chi connectivity index (χ1n) is 11.3. The average molecular weight is 470 g/mol. The summed E-state index contributed by atoms with van der Waals surface area (Å²) in [5, 5.41) is 11.5. The second-order valence-corrected chi connectivity index (χ2v) is 9.10. The van der Waals surface area contributed by atoms with Gasteiger partial charge in [-0.25, -0.2) is 4.98 Å². The zero-order valence-corrected chi connectivity index (χ0v) is 18.9. The second-order valence-electron chi connectivity index (χ2n) is 9.10. The summed E-state index contributed by atoms with van der Waals surface area (Å²) in [5.74, 6) is 1.35. The monoisotopic (exact) mass is 470 g/mol. The van der Waals surface area contributed by atoms with Crippen molar-refractivity contribution in [3.05, 3.63) is 64.7 Å². The molecule has 0 radical (unpaired) electrons. The van der Waals surface area contributed by atoms with Crippen LogP contribution in [0.4, 0.5) is 24.8 Å². The maximum atomic E-state index is 13.6. The minimum atomic E-state index is -4.53. The van der Waals surface area contributed by atoms with E-state index in [1.807, 2.05) is 24.6 Å². The summed E-state index contributed by atoms with van der Waals surface area (Å²) < 4.78 is 42.6. The van der Waals surface area contributed by atoms with E-state index in [4.69, 9.17) is 0 Å². The minimum absolute atomic E-state index is 0.00663. The third-order valence-electron chi connectivity index (χ3n) is 6.70. The lowest BCUT2D eigenvalue weighted by Gasteiger charge is -2.28. The summed E-state index contributed by atoms with van der Waals surface area (Å²) in [5.41, 5.74) is 0.214. The Labute approximate surface area is 195 Å². The first-order chi connectivity index (χ1) is 16.2. The fraction of sp³-hybridized carbons (Fsp3) is 0.417. The van der Waals surface area contributed by atoms with Crippen LogP contribution in [-0.2, 0) is 26.2 Å². The van der Waals surface area contributed by atoms with Gasteiger partial charge in [-0.1, -0.05) is 13.0 Å². The van der Waals surface area contributed by atoms with Gasteiger partial charge in [0, 0.05) is 25.1 Å². The summed E-state index contributed by atoms with van der Waals surface area (Å²) >= 11 is 0. The molecule has 1 saturated carbocycles. The van der Waals surface area contributed by atoms with Gasteiger partial charge in [0.05, 0.1) is 12.1 Å². The van der Waals surface area contributed by atoms with Crippen LogP contribution in [0.15, 0.2) is 36.7 Å². The van der Waals surface area contributed by atoms with Crippen molar-refractivity contribution in [1.82, 2.24) is 19.7 Å². The molecule has 7 nitrogen and oxygen atoms in total. The van der Waals surface area contributed by atoms with Gasteiger partial charge in [-0.3, -0.25) is 9.69 Å². The van der Waals surface area contributed by atoms with E-state index in [1.54, 1.807) is 12.4 Å². The van der Waals surface area contributed by atoms with Gasteiger partial charge in [0.2, 0.25) is 0 Å². The van der Waals surface area contributed by atoms with Gasteiger partial charge in [0.25, 0.3) is 5.91 Å². The number of anilines is 2. The van der Waals surface area contributed by atoms with Crippen LogP contribution in [0.3, 0.4) is 0 Å². The molecule has 2 aliphatic rings. The van der Waals surface area contributed by atoms with Crippen LogP contribution >= 0.6 is 0 Å². The molecule has 1 amide bonds. The lowest BCUT2D eigenvalue weighted by Crippen LogP contribution is -2.29.